The second-order valence-electron chi connectivity index (χ2n) is 8.23. The molecule has 0 aliphatic rings. The average Bonchev–Trinajstić information content (AvgIpc) is 2.72. The van der Waals surface area contributed by atoms with Crippen LogP contribution in [0.3, 0.4) is 0 Å². The van der Waals surface area contributed by atoms with Gasteiger partial charge in [-0.3, -0.25) is 0 Å². The Bertz CT molecular complexity index is 717. The van der Waals surface area contributed by atoms with Crippen LogP contribution < -0.4 is 5.32 Å². The number of rotatable bonds is 14. The highest BCUT2D eigenvalue weighted by Gasteiger charge is 2.19. The van der Waals surface area contributed by atoms with E-state index in [2.05, 4.69) is 78.3 Å². The van der Waals surface area contributed by atoms with Crippen LogP contribution in [0.5, 0.6) is 0 Å². The van der Waals surface area contributed by atoms with Gasteiger partial charge in [0.25, 0.3) is 0 Å². The molecule has 1 atom stereocenters. The van der Waals surface area contributed by atoms with Crippen LogP contribution in [-0.2, 0) is 27.5 Å². The van der Waals surface area contributed by atoms with Crippen molar-refractivity contribution in [1.29, 1.82) is 0 Å². The van der Waals surface area contributed by atoms with Crippen LogP contribution in [0.2, 0.25) is 0 Å². The monoisotopic (exact) mass is 416 g/mol. The van der Waals surface area contributed by atoms with Gasteiger partial charge in [0.15, 0.2) is 0 Å². The highest BCUT2D eigenvalue weighted by atomic mass is 31.1. The van der Waals surface area contributed by atoms with Crippen molar-refractivity contribution in [2.75, 3.05) is 13.2 Å². The summed E-state index contributed by atoms with van der Waals surface area (Å²) in [5, 5.41) is 3.33. The van der Waals surface area contributed by atoms with Crippen LogP contribution in [0.25, 0.3) is 0 Å². The predicted molar refractivity (Wildman–Crippen MR) is 120 cm³/mol. The molecule has 0 aliphatic carbocycles. The molecule has 2 N–H and O–H groups in total. The molecular formula is C24H35NO3P+. The topological polar surface area (TPSA) is 58.6 Å². The molecule has 2 rings (SSSR count). The molecule has 0 spiro atoms. The Kier molecular flexibility index (Phi) is 10.5. The lowest BCUT2D eigenvalue weighted by atomic mass is 9.80. The van der Waals surface area contributed by atoms with Gasteiger partial charge in [0, 0.05) is 11.1 Å². The van der Waals surface area contributed by atoms with E-state index in [9.17, 15) is 4.57 Å². The summed E-state index contributed by atoms with van der Waals surface area (Å²) >= 11 is 0. The fourth-order valence-corrected chi connectivity index (χ4v) is 3.79. The Labute approximate surface area is 176 Å². The first-order chi connectivity index (χ1) is 14.0. The maximum atomic E-state index is 10.4. The van der Waals surface area contributed by atoms with Gasteiger partial charge in [0.1, 0.15) is 6.61 Å². The number of benzene rings is 2. The molecule has 0 saturated carbocycles. The molecule has 2 aromatic carbocycles. The van der Waals surface area contributed by atoms with E-state index < -0.39 is 8.25 Å². The van der Waals surface area contributed by atoms with Crippen LogP contribution in [0.15, 0.2) is 54.6 Å². The van der Waals surface area contributed by atoms with Crippen molar-refractivity contribution in [1.82, 2.24) is 5.32 Å². The predicted octanol–water partition coefficient (Wildman–Crippen LogP) is 5.91. The van der Waals surface area contributed by atoms with Crippen molar-refractivity contribution in [3.8, 4) is 0 Å². The minimum atomic E-state index is -2.47. The third-order valence-corrected chi connectivity index (χ3v) is 5.78. The van der Waals surface area contributed by atoms with Gasteiger partial charge in [-0.05, 0) is 54.3 Å². The van der Waals surface area contributed by atoms with Crippen molar-refractivity contribution in [2.24, 2.45) is 0 Å². The Morgan fingerprint density at radius 3 is 2.31 bits per heavy atom. The summed E-state index contributed by atoms with van der Waals surface area (Å²) in [6.45, 7) is 6.57. The van der Waals surface area contributed by atoms with E-state index >= 15 is 0 Å². The standard InChI is InChI=1S/C24H34NO3P/c1-24(2,23-11-6-3-7-12-23)17-8-4-5-10-21-13-15-22(16-14-21)20-25-18-9-19-28-29(26)27/h3,6-7,11-16,25H,4-5,8-10,17-20H2,1-2H3/p+1. The van der Waals surface area contributed by atoms with E-state index in [0.29, 0.717) is 6.61 Å². The number of nitrogens with one attached hydrogen (secondary N) is 1. The van der Waals surface area contributed by atoms with Crippen molar-refractivity contribution >= 4 is 8.25 Å². The average molecular weight is 417 g/mol. The molecule has 0 aromatic heterocycles. The molecule has 158 valence electrons. The fourth-order valence-electron chi connectivity index (χ4n) is 3.50. The maximum Gasteiger partial charge on any atom is 0.694 e. The van der Waals surface area contributed by atoms with E-state index in [0.717, 1.165) is 25.9 Å². The molecule has 0 fully saturated rings. The Morgan fingerprint density at radius 2 is 1.62 bits per heavy atom. The maximum absolute atomic E-state index is 10.4. The zero-order valence-electron chi connectivity index (χ0n) is 17.8. The molecule has 1 unspecified atom stereocenters. The molecule has 5 heteroatoms. The van der Waals surface area contributed by atoms with Gasteiger partial charge in [-0.2, -0.15) is 0 Å². The lowest BCUT2D eigenvalue weighted by Crippen LogP contribution is -2.16. The summed E-state index contributed by atoms with van der Waals surface area (Å²) in [6, 6.07) is 19.6. The van der Waals surface area contributed by atoms with E-state index in [1.165, 1.54) is 42.4 Å². The van der Waals surface area contributed by atoms with Gasteiger partial charge < -0.3 is 5.32 Å². The first-order valence-corrected chi connectivity index (χ1v) is 11.7. The van der Waals surface area contributed by atoms with E-state index in [4.69, 9.17) is 4.89 Å². The van der Waals surface area contributed by atoms with Gasteiger partial charge in [-0.1, -0.05) is 81.3 Å². The number of unbranched alkanes of at least 4 members (excludes halogenated alkanes) is 2. The normalized spacial score (nSPS) is 12.2. The van der Waals surface area contributed by atoms with Crippen molar-refractivity contribution in [3.63, 3.8) is 0 Å². The zero-order valence-corrected chi connectivity index (χ0v) is 18.7. The highest BCUT2D eigenvalue weighted by molar-refractivity contribution is 7.32. The van der Waals surface area contributed by atoms with Crippen molar-refractivity contribution in [3.05, 3.63) is 71.3 Å². The summed E-state index contributed by atoms with van der Waals surface area (Å²) in [5.41, 5.74) is 4.34. The van der Waals surface area contributed by atoms with Gasteiger partial charge in [0.2, 0.25) is 0 Å². The minimum absolute atomic E-state index is 0.248. The molecule has 0 amide bonds. The summed E-state index contributed by atoms with van der Waals surface area (Å²) in [7, 11) is -2.47. The molecule has 0 heterocycles. The number of hydrogen-bond donors (Lipinski definition) is 2. The summed E-state index contributed by atoms with van der Waals surface area (Å²) in [4.78, 5) is 8.55. The molecule has 0 radical (unpaired) electrons. The molecule has 2 aromatic rings. The number of aryl methyl sites for hydroxylation is 1. The summed E-state index contributed by atoms with van der Waals surface area (Å²) in [5.74, 6) is 0. The van der Waals surface area contributed by atoms with Crippen LogP contribution in [0.4, 0.5) is 0 Å². The van der Waals surface area contributed by atoms with Gasteiger partial charge >= 0.3 is 8.25 Å². The van der Waals surface area contributed by atoms with Gasteiger partial charge in [-0.25, -0.2) is 0 Å². The minimum Gasteiger partial charge on any atom is -0.313 e. The zero-order chi connectivity index (χ0) is 21.0. The SMILES string of the molecule is CC(C)(CCCCCc1ccc(CNCCCO[P+](=O)O)cc1)c1ccccc1. The second kappa shape index (κ2) is 12.9. The van der Waals surface area contributed by atoms with Gasteiger partial charge in [0.05, 0.1) is 0 Å². The molecule has 0 saturated heterocycles. The Hall–Kier alpha value is -1.58. The molecule has 4 nitrogen and oxygen atoms in total. The summed E-state index contributed by atoms with van der Waals surface area (Å²) < 4.78 is 15.0. The first-order valence-electron chi connectivity index (χ1n) is 10.6. The molecule has 0 aliphatic heterocycles. The van der Waals surface area contributed by atoms with E-state index in [1.807, 2.05) is 0 Å². The summed E-state index contributed by atoms with van der Waals surface area (Å²) in [6.07, 6.45) is 6.84. The highest BCUT2D eigenvalue weighted by Crippen LogP contribution is 2.29. The van der Waals surface area contributed by atoms with Gasteiger partial charge in [-0.15, -0.1) is 9.42 Å². The lowest BCUT2D eigenvalue weighted by molar-refractivity contribution is 0.276. The van der Waals surface area contributed by atoms with E-state index in [-0.39, 0.29) is 5.41 Å². The van der Waals surface area contributed by atoms with Crippen LogP contribution in [-0.4, -0.2) is 18.0 Å². The Morgan fingerprint density at radius 1 is 0.931 bits per heavy atom. The molecule has 0 bridgehead atoms. The second-order valence-corrected chi connectivity index (χ2v) is 8.96. The lowest BCUT2D eigenvalue weighted by Gasteiger charge is -2.25. The first kappa shape index (κ1) is 23.7. The van der Waals surface area contributed by atoms with E-state index in [1.54, 1.807) is 0 Å². The number of hydrogen-bond acceptors (Lipinski definition) is 3. The fraction of sp³-hybridized carbons (Fsp3) is 0.500. The Balaban J connectivity index is 1.58. The third-order valence-electron chi connectivity index (χ3n) is 5.37. The van der Waals surface area contributed by atoms with Crippen LogP contribution in [0.1, 0.15) is 62.6 Å². The molecular weight excluding hydrogens is 381 g/mol. The molecule has 29 heavy (non-hydrogen) atoms. The van der Waals surface area contributed by atoms with Crippen LogP contribution >= 0.6 is 8.25 Å². The van der Waals surface area contributed by atoms with Crippen LogP contribution in [0, 0.1) is 0 Å². The largest absolute Gasteiger partial charge is 0.694 e. The van der Waals surface area contributed by atoms with Crippen molar-refractivity contribution in [2.45, 2.75) is 64.3 Å². The third kappa shape index (κ3) is 9.64. The quantitative estimate of drug-likeness (QED) is 0.297. The van der Waals surface area contributed by atoms with Crippen molar-refractivity contribution < 1.29 is 14.0 Å². The smallest absolute Gasteiger partial charge is 0.313 e.